The van der Waals surface area contributed by atoms with Gasteiger partial charge in [0.05, 0.1) is 12.8 Å². The predicted octanol–water partition coefficient (Wildman–Crippen LogP) is 3.09. The number of thiazole rings is 1. The number of unbranched alkanes of at least 4 members (excludes halogenated alkanes) is 2. The number of benzene rings is 1. The van der Waals surface area contributed by atoms with Crippen LogP contribution in [-0.2, 0) is 16.1 Å². The number of carbonyl (C=O) groups excluding carboxylic acids is 2. The third-order valence-electron chi connectivity index (χ3n) is 3.63. The summed E-state index contributed by atoms with van der Waals surface area (Å²) < 4.78 is 10.4. The standard InChI is InChI=1S/C18H23N3O4S/c1-24-15-8-6-13(7-9-15)17-21-14(12-26-17)11-25-16(22)5-3-2-4-10-20-18(19)23/h6-9,12H,2-5,10-11H2,1H3,(H3,19,20,23). The van der Waals surface area contributed by atoms with Crippen molar-refractivity contribution in [3.63, 3.8) is 0 Å². The Morgan fingerprint density at radius 3 is 2.65 bits per heavy atom. The van der Waals surface area contributed by atoms with Gasteiger partial charge >= 0.3 is 12.0 Å². The molecule has 0 atom stereocenters. The van der Waals surface area contributed by atoms with E-state index in [1.165, 1.54) is 11.3 Å². The highest BCUT2D eigenvalue weighted by Gasteiger charge is 2.08. The average Bonchev–Trinajstić information content (AvgIpc) is 3.11. The maximum absolute atomic E-state index is 11.8. The van der Waals surface area contributed by atoms with Crippen LogP contribution in [0.2, 0.25) is 0 Å². The van der Waals surface area contributed by atoms with Gasteiger partial charge in [-0.05, 0) is 37.1 Å². The minimum absolute atomic E-state index is 0.175. The van der Waals surface area contributed by atoms with E-state index >= 15 is 0 Å². The summed E-state index contributed by atoms with van der Waals surface area (Å²) in [6.45, 7) is 0.700. The number of carbonyl (C=O) groups is 2. The van der Waals surface area contributed by atoms with Crippen LogP contribution in [-0.4, -0.2) is 30.6 Å². The van der Waals surface area contributed by atoms with E-state index in [4.69, 9.17) is 15.2 Å². The number of aromatic nitrogens is 1. The molecule has 2 rings (SSSR count). The second-order valence-electron chi connectivity index (χ2n) is 5.63. The molecule has 0 spiro atoms. The molecule has 0 unspecified atom stereocenters. The number of amides is 2. The molecule has 3 N–H and O–H groups in total. The van der Waals surface area contributed by atoms with Gasteiger partial charge in [-0.15, -0.1) is 11.3 Å². The quantitative estimate of drug-likeness (QED) is 0.489. The summed E-state index contributed by atoms with van der Waals surface area (Å²) in [7, 11) is 1.63. The maximum Gasteiger partial charge on any atom is 0.312 e. The number of rotatable bonds is 10. The molecule has 0 aliphatic carbocycles. The number of nitrogens with zero attached hydrogens (tertiary/aromatic N) is 1. The van der Waals surface area contributed by atoms with Crippen LogP contribution in [0.25, 0.3) is 10.6 Å². The summed E-state index contributed by atoms with van der Waals surface area (Å²) in [5.41, 5.74) is 6.70. The SMILES string of the molecule is COc1ccc(-c2nc(COC(=O)CCCCCNC(N)=O)cs2)cc1. The van der Waals surface area contributed by atoms with E-state index in [1.54, 1.807) is 7.11 Å². The molecule has 0 fully saturated rings. The lowest BCUT2D eigenvalue weighted by molar-refractivity contribution is -0.145. The van der Waals surface area contributed by atoms with E-state index in [0.29, 0.717) is 19.4 Å². The third-order valence-corrected chi connectivity index (χ3v) is 4.57. The summed E-state index contributed by atoms with van der Waals surface area (Å²) in [5.74, 6) is 0.553. The van der Waals surface area contributed by atoms with E-state index in [0.717, 1.165) is 34.9 Å². The van der Waals surface area contributed by atoms with Crippen LogP contribution >= 0.6 is 11.3 Å². The summed E-state index contributed by atoms with van der Waals surface area (Å²) in [5, 5.41) is 5.28. The van der Waals surface area contributed by atoms with Crippen LogP contribution in [0, 0.1) is 0 Å². The number of nitrogens with two attached hydrogens (primary N) is 1. The molecule has 2 aromatic rings. The maximum atomic E-state index is 11.8. The van der Waals surface area contributed by atoms with Crippen molar-refractivity contribution in [1.82, 2.24) is 10.3 Å². The van der Waals surface area contributed by atoms with Gasteiger partial charge in [-0.3, -0.25) is 4.79 Å². The van der Waals surface area contributed by atoms with Crippen LogP contribution < -0.4 is 15.8 Å². The smallest absolute Gasteiger partial charge is 0.312 e. The van der Waals surface area contributed by atoms with E-state index in [2.05, 4.69) is 10.3 Å². The first-order chi connectivity index (χ1) is 12.6. The molecule has 1 aromatic carbocycles. The van der Waals surface area contributed by atoms with Crippen LogP contribution in [0.1, 0.15) is 31.4 Å². The minimum atomic E-state index is -0.526. The molecule has 0 radical (unpaired) electrons. The van der Waals surface area contributed by atoms with Crippen LogP contribution in [0.5, 0.6) is 5.75 Å². The van der Waals surface area contributed by atoms with Gasteiger partial charge in [0, 0.05) is 23.9 Å². The Kier molecular flexibility index (Phi) is 7.88. The van der Waals surface area contributed by atoms with Gasteiger partial charge < -0.3 is 20.5 Å². The molecule has 0 aliphatic heterocycles. The first-order valence-electron chi connectivity index (χ1n) is 8.36. The fourth-order valence-electron chi connectivity index (χ4n) is 2.25. The number of primary amides is 1. The average molecular weight is 377 g/mol. The highest BCUT2D eigenvalue weighted by Crippen LogP contribution is 2.26. The molecule has 140 valence electrons. The van der Waals surface area contributed by atoms with Crippen LogP contribution in [0.15, 0.2) is 29.6 Å². The Morgan fingerprint density at radius 1 is 1.19 bits per heavy atom. The number of hydrogen-bond acceptors (Lipinski definition) is 6. The molecule has 8 heteroatoms. The zero-order valence-electron chi connectivity index (χ0n) is 14.7. The molecular formula is C18H23N3O4S. The Morgan fingerprint density at radius 2 is 1.96 bits per heavy atom. The fraction of sp³-hybridized carbons (Fsp3) is 0.389. The molecule has 2 amide bonds. The van der Waals surface area contributed by atoms with Gasteiger partial charge in [0.15, 0.2) is 0 Å². The van der Waals surface area contributed by atoms with Crippen molar-refractivity contribution in [1.29, 1.82) is 0 Å². The van der Waals surface area contributed by atoms with Crippen molar-refractivity contribution in [2.24, 2.45) is 5.73 Å². The number of hydrogen-bond donors (Lipinski definition) is 2. The monoisotopic (exact) mass is 377 g/mol. The van der Waals surface area contributed by atoms with Gasteiger partial charge in [0.1, 0.15) is 17.4 Å². The molecule has 0 aliphatic rings. The fourth-order valence-corrected chi connectivity index (χ4v) is 3.06. The molecule has 1 aromatic heterocycles. The highest BCUT2D eigenvalue weighted by atomic mass is 32.1. The Labute approximate surface area is 156 Å². The van der Waals surface area contributed by atoms with Crippen molar-refractivity contribution < 1.29 is 19.1 Å². The molecule has 0 saturated heterocycles. The minimum Gasteiger partial charge on any atom is -0.497 e. The van der Waals surface area contributed by atoms with E-state index in [-0.39, 0.29) is 12.6 Å². The first-order valence-corrected chi connectivity index (χ1v) is 9.24. The van der Waals surface area contributed by atoms with E-state index in [9.17, 15) is 9.59 Å². The van der Waals surface area contributed by atoms with E-state index < -0.39 is 6.03 Å². The van der Waals surface area contributed by atoms with Gasteiger partial charge in [-0.2, -0.15) is 0 Å². The molecule has 0 saturated carbocycles. The van der Waals surface area contributed by atoms with Crippen molar-refractivity contribution >= 4 is 23.3 Å². The van der Waals surface area contributed by atoms with Gasteiger partial charge in [-0.25, -0.2) is 9.78 Å². The second kappa shape index (κ2) is 10.4. The topological polar surface area (TPSA) is 104 Å². The molecular weight excluding hydrogens is 354 g/mol. The summed E-state index contributed by atoms with van der Waals surface area (Å²) in [6, 6.07) is 7.13. The Balaban J connectivity index is 1.68. The number of nitrogens with one attached hydrogen (secondary N) is 1. The number of ether oxygens (including phenoxy) is 2. The number of urea groups is 1. The van der Waals surface area contributed by atoms with Crippen molar-refractivity contribution in [3.05, 3.63) is 35.3 Å². The van der Waals surface area contributed by atoms with Crippen LogP contribution in [0.3, 0.4) is 0 Å². The van der Waals surface area contributed by atoms with E-state index in [1.807, 2.05) is 29.6 Å². The number of esters is 1. The first kappa shape index (κ1) is 19.7. The normalized spacial score (nSPS) is 10.3. The molecule has 0 bridgehead atoms. The Hall–Kier alpha value is -2.61. The Bertz CT molecular complexity index is 715. The summed E-state index contributed by atoms with van der Waals surface area (Å²) in [4.78, 5) is 26.8. The predicted molar refractivity (Wildman–Crippen MR) is 100.0 cm³/mol. The van der Waals surface area contributed by atoms with Crippen LogP contribution in [0.4, 0.5) is 4.79 Å². The van der Waals surface area contributed by atoms with Gasteiger partial charge in [0.2, 0.25) is 0 Å². The lowest BCUT2D eigenvalue weighted by Crippen LogP contribution is -2.29. The summed E-state index contributed by atoms with van der Waals surface area (Å²) in [6.07, 6.45) is 2.68. The van der Waals surface area contributed by atoms with Crippen molar-refractivity contribution in [2.75, 3.05) is 13.7 Å². The van der Waals surface area contributed by atoms with Crippen molar-refractivity contribution in [2.45, 2.75) is 32.3 Å². The second-order valence-corrected chi connectivity index (χ2v) is 6.49. The molecule has 26 heavy (non-hydrogen) atoms. The summed E-state index contributed by atoms with van der Waals surface area (Å²) >= 11 is 1.51. The molecule has 7 nitrogen and oxygen atoms in total. The lowest BCUT2D eigenvalue weighted by atomic mass is 10.2. The number of methoxy groups -OCH3 is 1. The highest BCUT2D eigenvalue weighted by molar-refractivity contribution is 7.13. The zero-order chi connectivity index (χ0) is 18.8. The zero-order valence-corrected chi connectivity index (χ0v) is 15.5. The van der Waals surface area contributed by atoms with Crippen molar-refractivity contribution in [3.8, 4) is 16.3 Å². The lowest BCUT2D eigenvalue weighted by Gasteiger charge is -2.04. The van der Waals surface area contributed by atoms with Gasteiger partial charge in [0.25, 0.3) is 0 Å². The molecule has 1 heterocycles. The largest absolute Gasteiger partial charge is 0.497 e. The van der Waals surface area contributed by atoms with Gasteiger partial charge in [-0.1, -0.05) is 6.42 Å². The third kappa shape index (κ3) is 6.72.